The quantitative estimate of drug-likeness (QED) is 0.648. The number of aromatic nitrogens is 1. The van der Waals surface area contributed by atoms with E-state index in [1.807, 2.05) is 18.2 Å². The SMILES string of the molecule is O=C(Nc1cccc(CN2CCC(O)C2)c1)c1cc(=O)[nH]c2cc(F)ccc12. The molecule has 144 valence electrons. The Morgan fingerprint density at radius 3 is 2.89 bits per heavy atom. The van der Waals surface area contributed by atoms with Crippen molar-refractivity contribution in [3.05, 3.63) is 75.8 Å². The van der Waals surface area contributed by atoms with Crippen LogP contribution in [-0.4, -0.2) is 40.1 Å². The summed E-state index contributed by atoms with van der Waals surface area (Å²) in [5.74, 6) is -0.920. The minimum atomic E-state index is -0.486. The molecule has 4 rings (SSSR count). The molecule has 1 aliphatic heterocycles. The van der Waals surface area contributed by atoms with E-state index in [1.54, 1.807) is 6.07 Å². The third kappa shape index (κ3) is 3.95. The van der Waals surface area contributed by atoms with Crippen LogP contribution in [-0.2, 0) is 6.54 Å². The Kier molecular flexibility index (Phi) is 4.93. The number of aliphatic hydroxyl groups is 1. The van der Waals surface area contributed by atoms with Crippen molar-refractivity contribution >= 4 is 22.5 Å². The van der Waals surface area contributed by atoms with Gasteiger partial charge in [0.15, 0.2) is 0 Å². The number of carbonyl (C=O) groups is 1. The number of aliphatic hydroxyl groups excluding tert-OH is 1. The first-order valence-electron chi connectivity index (χ1n) is 9.11. The fraction of sp³-hybridized carbons (Fsp3) is 0.238. The van der Waals surface area contributed by atoms with Gasteiger partial charge in [0.25, 0.3) is 5.91 Å². The number of halogens is 1. The molecule has 28 heavy (non-hydrogen) atoms. The van der Waals surface area contributed by atoms with Crippen molar-refractivity contribution in [2.45, 2.75) is 19.1 Å². The number of amides is 1. The third-order valence-electron chi connectivity index (χ3n) is 4.89. The number of β-amino-alcohol motifs (C(OH)–C–C–N with tert-alkyl or cyclic N) is 1. The van der Waals surface area contributed by atoms with Crippen LogP contribution >= 0.6 is 0 Å². The number of pyridine rings is 1. The molecule has 1 aromatic heterocycles. The molecule has 1 atom stereocenters. The van der Waals surface area contributed by atoms with Crippen LogP contribution in [0.25, 0.3) is 10.9 Å². The molecule has 0 aliphatic carbocycles. The van der Waals surface area contributed by atoms with Gasteiger partial charge in [0.1, 0.15) is 5.82 Å². The van der Waals surface area contributed by atoms with Crippen LogP contribution in [0.3, 0.4) is 0 Å². The number of anilines is 1. The van der Waals surface area contributed by atoms with E-state index < -0.39 is 17.3 Å². The second-order valence-corrected chi connectivity index (χ2v) is 7.07. The molecular weight excluding hydrogens is 361 g/mol. The van der Waals surface area contributed by atoms with Gasteiger partial charge in [-0.3, -0.25) is 14.5 Å². The molecule has 3 N–H and O–H groups in total. The summed E-state index contributed by atoms with van der Waals surface area (Å²) in [6, 6.07) is 12.6. The van der Waals surface area contributed by atoms with Gasteiger partial charge in [-0.1, -0.05) is 12.1 Å². The maximum Gasteiger partial charge on any atom is 0.256 e. The standard InChI is InChI=1S/C21H20FN3O3/c22-14-4-5-17-18(10-20(27)24-19(17)9-14)21(28)23-15-3-1-2-13(8-15)11-25-7-6-16(26)12-25/h1-5,8-10,16,26H,6-7,11-12H2,(H,23,28)(H,24,27). The molecule has 1 amide bonds. The smallest absolute Gasteiger partial charge is 0.256 e. The highest BCUT2D eigenvalue weighted by Crippen LogP contribution is 2.20. The largest absolute Gasteiger partial charge is 0.392 e. The van der Waals surface area contributed by atoms with Gasteiger partial charge in [0, 0.05) is 36.8 Å². The van der Waals surface area contributed by atoms with Crippen LogP contribution in [0.5, 0.6) is 0 Å². The summed E-state index contributed by atoms with van der Waals surface area (Å²) < 4.78 is 13.4. The average molecular weight is 381 g/mol. The number of hydrogen-bond donors (Lipinski definition) is 3. The summed E-state index contributed by atoms with van der Waals surface area (Å²) >= 11 is 0. The molecule has 1 fully saturated rings. The maximum absolute atomic E-state index is 13.4. The average Bonchev–Trinajstić information content (AvgIpc) is 3.05. The fourth-order valence-corrected chi connectivity index (χ4v) is 3.58. The van der Waals surface area contributed by atoms with E-state index in [-0.39, 0.29) is 17.2 Å². The van der Waals surface area contributed by atoms with E-state index in [0.717, 1.165) is 18.5 Å². The molecule has 0 radical (unpaired) electrons. The molecule has 7 heteroatoms. The number of nitrogens with zero attached hydrogens (tertiary/aromatic N) is 1. The van der Waals surface area contributed by atoms with Crippen molar-refractivity contribution in [2.75, 3.05) is 18.4 Å². The van der Waals surface area contributed by atoms with Crippen molar-refractivity contribution in [1.29, 1.82) is 0 Å². The van der Waals surface area contributed by atoms with Gasteiger partial charge in [-0.05, 0) is 42.3 Å². The lowest BCUT2D eigenvalue weighted by Crippen LogP contribution is -2.21. The van der Waals surface area contributed by atoms with Gasteiger partial charge in [-0.25, -0.2) is 4.39 Å². The maximum atomic E-state index is 13.4. The third-order valence-corrected chi connectivity index (χ3v) is 4.89. The topological polar surface area (TPSA) is 85.4 Å². The molecule has 1 unspecified atom stereocenters. The molecule has 2 aromatic carbocycles. The van der Waals surface area contributed by atoms with Crippen LogP contribution in [0.1, 0.15) is 22.3 Å². The summed E-state index contributed by atoms with van der Waals surface area (Å²) in [6.07, 6.45) is 0.490. The molecule has 6 nitrogen and oxygen atoms in total. The van der Waals surface area contributed by atoms with Gasteiger partial charge < -0.3 is 15.4 Å². The van der Waals surface area contributed by atoms with E-state index >= 15 is 0 Å². The Morgan fingerprint density at radius 2 is 2.11 bits per heavy atom. The monoisotopic (exact) mass is 381 g/mol. The lowest BCUT2D eigenvalue weighted by Gasteiger charge is -2.15. The second kappa shape index (κ2) is 7.53. The Balaban J connectivity index is 1.56. The highest BCUT2D eigenvalue weighted by molar-refractivity contribution is 6.12. The van der Waals surface area contributed by atoms with Crippen LogP contribution in [0, 0.1) is 5.82 Å². The van der Waals surface area contributed by atoms with Gasteiger partial charge >= 0.3 is 0 Å². The molecule has 0 saturated carbocycles. The predicted octanol–water partition coefficient (Wildman–Crippen LogP) is 2.49. The van der Waals surface area contributed by atoms with Crippen molar-refractivity contribution in [3.8, 4) is 0 Å². The lowest BCUT2D eigenvalue weighted by molar-refractivity contribution is 0.102. The highest BCUT2D eigenvalue weighted by atomic mass is 19.1. The van der Waals surface area contributed by atoms with Crippen LogP contribution in [0.4, 0.5) is 10.1 Å². The zero-order valence-corrected chi connectivity index (χ0v) is 15.1. The van der Waals surface area contributed by atoms with Gasteiger partial charge in [-0.15, -0.1) is 0 Å². The first kappa shape index (κ1) is 18.3. The van der Waals surface area contributed by atoms with Crippen LogP contribution in [0.15, 0.2) is 53.3 Å². The van der Waals surface area contributed by atoms with Crippen molar-refractivity contribution in [3.63, 3.8) is 0 Å². The molecule has 3 aromatic rings. The normalized spacial score (nSPS) is 17.1. The van der Waals surface area contributed by atoms with Crippen LogP contribution < -0.4 is 10.9 Å². The van der Waals surface area contributed by atoms with Gasteiger partial charge in [0.05, 0.1) is 17.2 Å². The summed E-state index contributed by atoms with van der Waals surface area (Å²) in [4.78, 5) is 29.3. The number of rotatable bonds is 4. The number of H-pyrrole nitrogens is 1. The van der Waals surface area contributed by atoms with E-state index in [1.165, 1.54) is 24.3 Å². The van der Waals surface area contributed by atoms with E-state index in [0.29, 0.717) is 24.2 Å². The second-order valence-electron chi connectivity index (χ2n) is 7.07. The minimum Gasteiger partial charge on any atom is -0.392 e. The Bertz CT molecular complexity index is 1100. The predicted molar refractivity (Wildman–Crippen MR) is 105 cm³/mol. The van der Waals surface area contributed by atoms with Crippen molar-refractivity contribution in [2.24, 2.45) is 0 Å². The van der Waals surface area contributed by atoms with E-state index in [9.17, 15) is 19.1 Å². The van der Waals surface area contributed by atoms with E-state index in [2.05, 4.69) is 15.2 Å². The lowest BCUT2D eigenvalue weighted by atomic mass is 10.1. The fourth-order valence-electron chi connectivity index (χ4n) is 3.58. The Labute approximate surface area is 160 Å². The Hall–Kier alpha value is -3.03. The summed E-state index contributed by atoms with van der Waals surface area (Å²) in [5, 5.41) is 12.9. The number of hydrogen-bond acceptors (Lipinski definition) is 4. The number of likely N-dealkylation sites (tertiary alicyclic amines) is 1. The summed E-state index contributed by atoms with van der Waals surface area (Å²) in [6.45, 7) is 2.17. The van der Waals surface area contributed by atoms with E-state index in [4.69, 9.17) is 0 Å². The number of nitrogens with one attached hydrogen (secondary N) is 2. The molecule has 0 bridgehead atoms. The number of benzene rings is 2. The molecule has 1 saturated heterocycles. The minimum absolute atomic E-state index is 0.187. The molecule has 1 aliphatic rings. The number of aromatic amines is 1. The zero-order valence-electron chi connectivity index (χ0n) is 15.1. The molecule has 0 spiro atoms. The molecular formula is C21H20FN3O3. The van der Waals surface area contributed by atoms with Crippen molar-refractivity contribution < 1.29 is 14.3 Å². The highest BCUT2D eigenvalue weighted by Gasteiger charge is 2.20. The first-order valence-corrected chi connectivity index (χ1v) is 9.11. The molecule has 2 heterocycles. The van der Waals surface area contributed by atoms with Crippen molar-refractivity contribution in [1.82, 2.24) is 9.88 Å². The van der Waals surface area contributed by atoms with Gasteiger partial charge in [-0.2, -0.15) is 0 Å². The zero-order chi connectivity index (χ0) is 19.7. The van der Waals surface area contributed by atoms with Crippen LogP contribution in [0.2, 0.25) is 0 Å². The Morgan fingerprint density at radius 1 is 1.25 bits per heavy atom. The van der Waals surface area contributed by atoms with Gasteiger partial charge in [0.2, 0.25) is 5.56 Å². The first-order chi connectivity index (χ1) is 13.5. The summed E-state index contributed by atoms with van der Waals surface area (Å²) in [7, 11) is 0. The number of carbonyl (C=O) groups excluding carboxylic acids is 1. The summed E-state index contributed by atoms with van der Waals surface area (Å²) in [5.41, 5.74) is 1.62. The number of fused-ring (bicyclic) bond motifs is 1.